The van der Waals surface area contributed by atoms with E-state index in [1.165, 1.54) is 0 Å². The molecular weight excluding hydrogens is 326 g/mol. The molecule has 6 nitrogen and oxygen atoms in total. The maximum Gasteiger partial charge on any atom is 0.227 e. The number of aromatic nitrogens is 2. The second-order valence-electron chi connectivity index (χ2n) is 7.38. The number of nitrogens with zero attached hydrogens (tertiary/aromatic N) is 4. The Morgan fingerprint density at radius 3 is 2.77 bits per heavy atom. The molecule has 0 spiro atoms. The van der Waals surface area contributed by atoms with E-state index < -0.39 is 5.41 Å². The lowest BCUT2D eigenvalue weighted by Crippen LogP contribution is -2.50. The van der Waals surface area contributed by atoms with Crippen molar-refractivity contribution >= 4 is 17.5 Å². The second-order valence-corrected chi connectivity index (χ2v) is 7.38. The fourth-order valence-electron chi connectivity index (χ4n) is 3.37. The van der Waals surface area contributed by atoms with Gasteiger partial charge in [-0.05, 0) is 25.3 Å². The van der Waals surface area contributed by atoms with Crippen LogP contribution in [0.1, 0.15) is 25.3 Å². The molecule has 1 aromatic heterocycles. The molecule has 138 valence electrons. The van der Waals surface area contributed by atoms with Gasteiger partial charge in [0.1, 0.15) is 18.0 Å². The number of carbonyl (C=O) groups excluding carboxylic acids is 1. The van der Waals surface area contributed by atoms with Gasteiger partial charge in [0, 0.05) is 39.8 Å². The molecule has 1 aromatic carbocycles. The lowest BCUT2D eigenvalue weighted by molar-refractivity contribution is -0.130. The highest BCUT2D eigenvalue weighted by atomic mass is 16.2. The third-order valence-corrected chi connectivity index (χ3v) is 4.96. The molecule has 1 atom stereocenters. The van der Waals surface area contributed by atoms with Gasteiger partial charge in [0.15, 0.2) is 0 Å². The molecule has 0 bridgehead atoms. The van der Waals surface area contributed by atoms with E-state index in [4.69, 9.17) is 0 Å². The Labute approximate surface area is 155 Å². The number of rotatable bonds is 5. The largest absolute Gasteiger partial charge is 0.363 e. The second kappa shape index (κ2) is 7.72. The lowest BCUT2D eigenvalue weighted by Gasteiger charge is -2.40. The van der Waals surface area contributed by atoms with Gasteiger partial charge in [0.2, 0.25) is 5.91 Å². The molecule has 2 aromatic rings. The van der Waals surface area contributed by atoms with Crippen LogP contribution in [-0.2, 0) is 11.3 Å². The first kappa shape index (κ1) is 18.2. The Kier molecular flexibility index (Phi) is 5.40. The summed E-state index contributed by atoms with van der Waals surface area (Å²) in [5.74, 6) is 1.86. The van der Waals surface area contributed by atoms with Gasteiger partial charge in [-0.2, -0.15) is 0 Å². The van der Waals surface area contributed by atoms with Crippen molar-refractivity contribution in [3.05, 3.63) is 48.3 Å². The van der Waals surface area contributed by atoms with E-state index in [1.807, 2.05) is 62.3 Å². The van der Waals surface area contributed by atoms with Crippen molar-refractivity contribution in [1.82, 2.24) is 15.3 Å². The molecule has 1 fully saturated rings. The number of hydrogen-bond donors (Lipinski definition) is 1. The first-order chi connectivity index (χ1) is 12.5. The van der Waals surface area contributed by atoms with Crippen LogP contribution in [0.25, 0.3) is 0 Å². The summed E-state index contributed by atoms with van der Waals surface area (Å²) in [6.45, 7) is 4.18. The van der Waals surface area contributed by atoms with Crippen LogP contribution < -0.4 is 15.1 Å². The monoisotopic (exact) mass is 353 g/mol. The van der Waals surface area contributed by atoms with Crippen LogP contribution in [0, 0.1) is 5.41 Å². The summed E-state index contributed by atoms with van der Waals surface area (Å²) in [5, 5.41) is 3.10. The topological polar surface area (TPSA) is 61.4 Å². The maximum absolute atomic E-state index is 12.9. The first-order valence-electron chi connectivity index (χ1n) is 9.04. The Morgan fingerprint density at radius 2 is 2.04 bits per heavy atom. The Hall–Kier alpha value is -2.63. The van der Waals surface area contributed by atoms with Crippen molar-refractivity contribution in [2.75, 3.05) is 37.0 Å². The summed E-state index contributed by atoms with van der Waals surface area (Å²) in [5.41, 5.74) is 0.694. The smallest absolute Gasteiger partial charge is 0.227 e. The zero-order chi connectivity index (χ0) is 18.6. The molecular formula is C20H27N5O. The molecule has 1 saturated heterocycles. The predicted octanol–water partition coefficient (Wildman–Crippen LogP) is 2.47. The highest BCUT2D eigenvalue weighted by molar-refractivity contribution is 5.83. The summed E-state index contributed by atoms with van der Waals surface area (Å²) < 4.78 is 0. The van der Waals surface area contributed by atoms with Crippen molar-refractivity contribution in [3.8, 4) is 0 Å². The molecule has 0 radical (unpaired) electrons. The van der Waals surface area contributed by atoms with Crippen LogP contribution in [0.5, 0.6) is 0 Å². The summed E-state index contributed by atoms with van der Waals surface area (Å²) in [7, 11) is 3.92. The number of benzene rings is 1. The number of hydrogen-bond acceptors (Lipinski definition) is 5. The lowest BCUT2D eigenvalue weighted by atomic mass is 9.81. The van der Waals surface area contributed by atoms with Crippen molar-refractivity contribution in [2.45, 2.75) is 26.3 Å². The fourth-order valence-corrected chi connectivity index (χ4v) is 3.37. The number of amides is 1. The normalized spacial score (nSPS) is 19.9. The molecule has 2 heterocycles. The molecule has 26 heavy (non-hydrogen) atoms. The number of carbonyl (C=O) groups is 1. The quantitative estimate of drug-likeness (QED) is 0.895. The average Bonchev–Trinajstić information content (AvgIpc) is 2.67. The van der Waals surface area contributed by atoms with E-state index in [2.05, 4.69) is 20.2 Å². The van der Waals surface area contributed by atoms with E-state index in [9.17, 15) is 4.79 Å². The van der Waals surface area contributed by atoms with Gasteiger partial charge in [-0.25, -0.2) is 9.97 Å². The van der Waals surface area contributed by atoms with Crippen LogP contribution >= 0.6 is 0 Å². The minimum atomic E-state index is -0.420. The maximum atomic E-state index is 12.9. The fraction of sp³-hybridized carbons (Fsp3) is 0.450. The van der Waals surface area contributed by atoms with Crippen LogP contribution in [0.15, 0.2) is 42.7 Å². The van der Waals surface area contributed by atoms with Crippen LogP contribution in [0.2, 0.25) is 0 Å². The molecule has 1 amide bonds. The van der Waals surface area contributed by atoms with Gasteiger partial charge < -0.3 is 15.1 Å². The molecule has 1 aliphatic heterocycles. The minimum absolute atomic E-state index is 0.105. The minimum Gasteiger partial charge on any atom is -0.363 e. The van der Waals surface area contributed by atoms with E-state index in [0.29, 0.717) is 13.1 Å². The summed E-state index contributed by atoms with van der Waals surface area (Å²) >= 11 is 0. The Balaban J connectivity index is 1.68. The summed E-state index contributed by atoms with van der Waals surface area (Å²) in [4.78, 5) is 25.7. The van der Waals surface area contributed by atoms with Gasteiger partial charge in [-0.3, -0.25) is 4.79 Å². The third kappa shape index (κ3) is 4.12. The summed E-state index contributed by atoms with van der Waals surface area (Å²) in [6, 6.07) is 12.0. The molecule has 3 rings (SSSR count). The average molecular weight is 353 g/mol. The molecule has 1 aliphatic rings. The van der Waals surface area contributed by atoms with Crippen molar-refractivity contribution in [2.24, 2.45) is 5.41 Å². The number of anilines is 2. The van der Waals surface area contributed by atoms with Crippen LogP contribution in [0.4, 0.5) is 11.6 Å². The van der Waals surface area contributed by atoms with Crippen LogP contribution in [0.3, 0.4) is 0 Å². The summed E-state index contributed by atoms with van der Waals surface area (Å²) in [6.07, 6.45) is 3.44. The van der Waals surface area contributed by atoms with Crippen molar-refractivity contribution in [1.29, 1.82) is 0 Å². The zero-order valence-corrected chi connectivity index (χ0v) is 15.8. The standard InChI is InChI=1S/C20H27N5O/c1-20(19(26)21-13-16-8-5-4-6-9-16)10-7-11-25(14-20)18-12-17(24(2)3)22-15-23-18/h4-6,8-9,12,15H,7,10-11,13-14H2,1-3H3,(H,21,26). The van der Waals surface area contributed by atoms with Gasteiger partial charge in [-0.1, -0.05) is 30.3 Å². The van der Waals surface area contributed by atoms with E-state index in [0.717, 1.165) is 36.6 Å². The molecule has 1 N–H and O–H groups in total. The third-order valence-electron chi connectivity index (χ3n) is 4.96. The van der Waals surface area contributed by atoms with Crippen molar-refractivity contribution in [3.63, 3.8) is 0 Å². The number of nitrogens with one attached hydrogen (secondary N) is 1. The first-order valence-corrected chi connectivity index (χ1v) is 9.04. The highest BCUT2D eigenvalue weighted by Crippen LogP contribution is 2.32. The Morgan fingerprint density at radius 1 is 1.27 bits per heavy atom. The molecule has 0 aliphatic carbocycles. The van der Waals surface area contributed by atoms with Crippen LogP contribution in [-0.4, -0.2) is 43.1 Å². The van der Waals surface area contributed by atoms with E-state index >= 15 is 0 Å². The molecule has 6 heteroatoms. The van der Waals surface area contributed by atoms with Gasteiger partial charge in [0.05, 0.1) is 5.41 Å². The van der Waals surface area contributed by atoms with Gasteiger partial charge in [0.25, 0.3) is 0 Å². The molecule has 1 unspecified atom stereocenters. The van der Waals surface area contributed by atoms with Gasteiger partial charge >= 0.3 is 0 Å². The van der Waals surface area contributed by atoms with E-state index in [-0.39, 0.29) is 5.91 Å². The SMILES string of the molecule is CN(C)c1cc(N2CCCC(C)(C(=O)NCc3ccccc3)C2)ncn1. The van der Waals surface area contributed by atoms with Crippen molar-refractivity contribution < 1.29 is 4.79 Å². The molecule has 0 saturated carbocycles. The van der Waals surface area contributed by atoms with Gasteiger partial charge in [-0.15, -0.1) is 0 Å². The Bertz CT molecular complexity index is 749. The predicted molar refractivity (Wildman–Crippen MR) is 104 cm³/mol. The number of piperidine rings is 1. The zero-order valence-electron chi connectivity index (χ0n) is 15.8. The highest BCUT2D eigenvalue weighted by Gasteiger charge is 2.38. The van der Waals surface area contributed by atoms with E-state index in [1.54, 1.807) is 6.33 Å².